The Bertz CT molecular complexity index is 1620. The number of esters is 1. The van der Waals surface area contributed by atoms with Crippen LogP contribution >= 0.6 is 0 Å². The molecule has 0 aliphatic heterocycles. The molecule has 0 spiro atoms. The fourth-order valence-electron chi connectivity index (χ4n) is 3.88. The van der Waals surface area contributed by atoms with Gasteiger partial charge in [0.1, 0.15) is 18.1 Å². The molecule has 0 aliphatic rings. The van der Waals surface area contributed by atoms with Crippen LogP contribution in [0, 0.1) is 13.8 Å². The van der Waals surface area contributed by atoms with Gasteiger partial charge in [0.05, 0.1) is 29.0 Å². The van der Waals surface area contributed by atoms with Gasteiger partial charge in [-0.1, -0.05) is 48.0 Å². The lowest BCUT2D eigenvalue weighted by molar-refractivity contribution is -0.119. The second-order valence-electron chi connectivity index (χ2n) is 8.90. The van der Waals surface area contributed by atoms with Gasteiger partial charge >= 0.3 is 5.97 Å². The first kappa shape index (κ1) is 28.3. The fraction of sp³-hybridized carbons (Fsp3) is 0.167. The number of benzene rings is 3. The summed E-state index contributed by atoms with van der Waals surface area (Å²) in [5.41, 5.74) is 5.57. The van der Waals surface area contributed by atoms with Gasteiger partial charge in [-0.15, -0.1) is 0 Å². The summed E-state index contributed by atoms with van der Waals surface area (Å²) in [7, 11) is -4.03. The summed E-state index contributed by atoms with van der Waals surface area (Å²) in [5.74, 6) is -0.118. The third-order valence-corrected chi connectivity index (χ3v) is 7.74. The lowest BCUT2D eigenvalue weighted by Crippen LogP contribution is -2.40. The van der Waals surface area contributed by atoms with Crippen molar-refractivity contribution in [3.63, 3.8) is 0 Å². The van der Waals surface area contributed by atoms with Gasteiger partial charge in [-0.05, 0) is 68.8 Å². The van der Waals surface area contributed by atoms with Crippen LogP contribution in [0.25, 0.3) is 11.3 Å². The quantitative estimate of drug-likeness (QED) is 0.164. The summed E-state index contributed by atoms with van der Waals surface area (Å²) in [6.45, 7) is 5.21. The zero-order valence-corrected chi connectivity index (χ0v) is 23.1. The molecule has 4 rings (SSSR count). The normalized spacial score (nSPS) is 11.4. The molecule has 0 saturated carbocycles. The average molecular weight is 560 g/mol. The topological polar surface area (TPSA) is 118 Å². The van der Waals surface area contributed by atoms with E-state index in [0.717, 1.165) is 15.4 Å². The number of carbonyl (C=O) groups excluding carboxylic acids is 2. The minimum Gasteiger partial charge on any atom is -0.462 e. The standard InChI is InChI=1S/C30H29N3O6S/c1-4-38-30(35)24-13-11-23(12-14-24)28-18-15-25(39-28)19-31-32-29(34)20-33(27-8-6-5-7-22(27)3)40(36,37)26-16-9-21(2)10-17-26/h5-19H,4,20H2,1-3H3,(H,32,34)/b31-19-. The Morgan fingerprint density at radius 2 is 1.65 bits per heavy atom. The van der Waals surface area contributed by atoms with Crippen molar-refractivity contribution >= 4 is 33.8 Å². The maximum absolute atomic E-state index is 13.5. The predicted molar refractivity (Wildman–Crippen MR) is 153 cm³/mol. The molecule has 4 aromatic rings. The lowest BCUT2D eigenvalue weighted by Gasteiger charge is -2.25. The first-order valence-corrected chi connectivity index (χ1v) is 14.0. The smallest absolute Gasteiger partial charge is 0.338 e. The Labute approximate surface area is 233 Å². The van der Waals surface area contributed by atoms with E-state index in [4.69, 9.17) is 9.15 Å². The van der Waals surface area contributed by atoms with Crippen LogP contribution in [0.5, 0.6) is 0 Å². The monoisotopic (exact) mass is 559 g/mol. The van der Waals surface area contributed by atoms with Gasteiger partial charge in [0.25, 0.3) is 15.9 Å². The highest BCUT2D eigenvalue weighted by atomic mass is 32.2. The Kier molecular flexibility index (Phi) is 8.80. The molecule has 1 aromatic heterocycles. The molecule has 0 atom stereocenters. The summed E-state index contributed by atoms with van der Waals surface area (Å²) in [6, 6.07) is 23.6. The number of rotatable bonds is 10. The van der Waals surface area contributed by atoms with E-state index in [1.54, 1.807) is 86.6 Å². The molecule has 0 unspecified atom stereocenters. The van der Waals surface area contributed by atoms with Crippen LogP contribution in [0.1, 0.15) is 34.2 Å². The van der Waals surface area contributed by atoms with Crippen molar-refractivity contribution in [3.05, 3.63) is 107 Å². The molecule has 40 heavy (non-hydrogen) atoms. The summed E-state index contributed by atoms with van der Waals surface area (Å²) >= 11 is 0. The first-order valence-electron chi connectivity index (χ1n) is 12.5. The molecule has 1 N–H and O–H groups in total. The highest BCUT2D eigenvalue weighted by Gasteiger charge is 2.28. The van der Waals surface area contributed by atoms with Crippen LogP contribution in [0.15, 0.2) is 99.3 Å². The molecule has 0 radical (unpaired) electrons. The molecule has 206 valence electrons. The predicted octanol–water partition coefficient (Wildman–Crippen LogP) is 5.09. The molecule has 0 saturated heterocycles. The SMILES string of the molecule is CCOC(=O)c1ccc(-c2ccc(/C=N\NC(=O)CN(c3ccccc3C)S(=O)(=O)c3ccc(C)cc3)o2)cc1. The molecular formula is C30H29N3O6S. The number of ether oxygens (including phenoxy) is 1. The van der Waals surface area contributed by atoms with Crippen LogP contribution in [-0.4, -0.2) is 39.7 Å². The van der Waals surface area contributed by atoms with Crippen molar-refractivity contribution in [2.75, 3.05) is 17.5 Å². The van der Waals surface area contributed by atoms with E-state index in [2.05, 4.69) is 10.5 Å². The minimum absolute atomic E-state index is 0.0797. The van der Waals surface area contributed by atoms with E-state index in [1.165, 1.54) is 18.3 Å². The number of nitrogens with one attached hydrogen (secondary N) is 1. The summed E-state index contributed by atoms with van der Waals surface area (Å²) in [6.07, 6.45) is 1.32. The van der Waals surface area contributed by atoms with Crippen LogP contribution < -0.4 is 9.73 Å². The molecule has 9 nitrogen and oxygen atoms in total. The number of sulfonamides is 1. The number of furan rings is 1. The van der Waals surface area contributed by atoms with Crippen LogP contribution in [0.2, 0.25) is 0 Å². The Hall–Kier alpha value is -4.70. The second-order valence-corrected chi connectivity index (χ2v) is 10.8. The maximum atomic E-state index is 13.5. The van der Waals surface area contributed by atoms with Gasteiger partial charge in [-0.3, -0.25) is 9.10 Å². The molecule has 0 bridgehead atoms. The molecule has 10 heteroatoms. The number of hydrazone groups is 1. The molecule has 0 fully saturated rings. The van der Waals surface area contributed by atoms with Crippen LogP contribution in [0.4, 0.5) is 5.69 Å². The third kappa shape index (κ3) is 6.65. The number of carbonyl (C=O) groups is 2. The van der Waals surface area contributed by atoms with Crippen LogP contribution in [0.3, 0.4) is 0 Å². The Balaban J connectivity index is 1.46. The summed E-state index contributed by atoms with van der Waals surface area (Å²) in [4.78, 5) is 24.7. The average Bonchev–Trinajstić information content (AvgIpc) is 3.41. The van der Waals surface area contributed by atoms with E-state index in [-0.39, 0.29) is 4.90 Å². The summed E-state index contributed by atoms with van der Waals surface area (Å²) in [5, 5.41) is 3.94. The van der Waals surface area contributed by atoms with E-state index in [0.29, 0.717) is 34.9 Å². The Morgan fingerprint density at radius 1 is 0.950 bits per heavy atom. The number of hydrogen-bond acceptors (Lipinski definition) is 7. The van der Waals surface area contributed by atoms with E-state index < -0.39 is 28.4 Å². The largest absolute Gasteiger partial charge is 0.462 e. The highest BCUT2D eigenvalue weighted by Crippen LogP contribution is 2.27. The third-order valence-electron chi connectivity index (χ3n) is 5.97. The van der Waals surface area contributed by atoms with Crippen LogP contribution in [-0.2, 0) is 19.6 Å². The zero-order chi connectivity index (χ0) is 28.7. The molecule has 0 aliphatic carbocycles. The highest BCUT2D eigenvalue weighted by molar-refractivity contribution is 7.92. The van der Waals surface area contributed by atoms with E-state index >= 15 is 0 Å². The molecule has 3 aromatic carbocycles. The lowest BCUT2D eigenvalue weighted by atomic mass is 10.1. The number of aryl methyl sites for hydroxylation is 2. The summed E-state index contributed by atoms with van der Waals surface area (Å²) < 4.78 is 38.9. The number of para-hydroxylation sites is 1. The number of anilines is 1. The van der Waals surface area contributed by atoms with E-state index in [9.17, 15) is 18.0 Å². The molecule has 1 heterocycles. The molecular weight excluding hydrogens is 530 g/mol. The van der Waals surface area contributed by atoms with Gasteiger partial charge in [0, 0.05) is 5.56 Å². The van der Waals surface area contributed by atoms with Gasteiger partial charge < -0.3 is 9.15 Å². The van der Waals surface area contributed by atoms with Crippen molar-refractivity contribution in [2.24, 2.45) is 5.10 Å². The van der Waals surface area contributed by atoms with Crippen molar-refractivity contribution in [2.45, 2.75) is 25.7 Å². The van der Waals surface area contributed by atoms with Crippen molar-refractivity contribution < 1.29 is 27.2 Å². The number of hydrogen-bond donors (Lipinski definition) is 1. The number of amides is 1. The fourth-order valence-corrected chi connectivity index (χ4v) is 5.36. The van der Waals surface area contributed by atoms with Crippen molar-refractivity contribution in [1.29, 1.82) is 0 Å². The maximum Gasteiger partial charge on any atom is 0.338 e. The second kappa shape index (κ2) is 12.4. The zero-order valence-electron chi connectivity index (χ0n) is 22.3. The minimum atomic E-state index is -4.03. The Morgan fingerprint density at radius 3 is 2.33 bits per heavy atom. The van der Waals surface area contributed by atoms with Crippen molar-refractivity contribution in [1.82, 2.24) is 5.43 Å². The molecule has 1 amide bonds. The van der Waals surface area contributed by atoms with Gasteiger partial charge in [0.2, 0.25) is 0 Å². The van der Waals surface area contributed by atoms with E-state index in [1.807, 2.05) is 6.92 Å². The van der Waals surface area contributed by atoms with Crippen molar-refractivity contribution in [3.8, 4) is 11.3 Å². The van der Waals surface area contributed by atoms with Gasteiger partial charge in [0.15, 0.2) is 0 Å². The number of nitrogens with zero attached hydrogens (tertiary/aromatic N) is 2. The first-order chi connectivity index (χ1) is 19.2. The van der Waals surface area contributed by atoms with Gasteiger partial charge in [-0.25, -0.2) is 18.6 Å². The van der Waals surface area contributed by atoms with Gasteiger partial charge in [-0.2, -0.15) is 5.10 Å².